The second-order valence-corrected chi connectivity index (χ2v) is 8.67. The maximum Gasteiger partial charge on any atom is 0.336 e. The van der Waals surface area contributed by atoms with Crippen LogP contribution < -0.4 is 0 Å². The minimum absolute atomic E-state index is 0.0203. The standard InChI is InChI=1S/C20H30O6/c1-11-13(5-4-12-15(23)9-26-18(12)25)19(2)7-6-17(24)20(3,10-21)16(19)8-14(11)22/h4,13-17,21-24H,1,5-10H2,2-3H3/b12-4+/t13-,14?,15?,16?,17?,19+,20-/m0/s1. The SMILES string of the molecule is C=C1C(O)CC2[C@](C)(CO)C(O)CC[C@]2(C)[C@H]1C/C=C1/C(=O)OCC1O. The van der Waals surface area contributed by atoms with E-state index in [-0.39, 0.29) is 36.0 Å². The number of allylic oxidation sites excluding steroid dienone is 1. The smallest absolute Gasteiger partial charge is 0.336 e. The number of ether oxygens (including phenoxy) is 1. The van der Waals surface area contributed by atoms with Gasteiger partial charge in [-0.25, -0.2) is 4.79 Å². The lowest BCUT2D eigenvalue weighted by Gasteiger charge is -2.60. The van der Waals surface area contributed by atoms with Crippen molar-refractivity contribution in [3.8, 4) is 0 Å². The maximum absolute atomic E-state index is 11.8. The van der Waals surface area contributed by atoms with Crippen LogP contribution in [0.15, 0.2) is 23.8 Å². The van der Waals surface area contributed by atoms with E-state index >= 15 is 0 Å². The quantitative estimate of drug-likeness (QED) is 0.336. The third-order valence-corrected chi connectivity index (χ3v) is 7.32. The fourth-order valence-corrected chi connectivity index (χ4v) is 5.49. The van der Waals surface area contributed by atoms with E-state index in [1.54, 1.807) is 6.08 Å². The number of fused-ring (bicyclic) bond motifs is 1. The van der Waals surface area contributed by atoms with Crippen LogP contribution in [-0.2, 0) is 9.53 Å². The number of aliphatic hydroxyl groups is 4. The van der Waals surface area contributed by atoms with Crippen molar-refractivity contribution in [1.82, 2.24) is 0 Å². The summed E-state index contributed by atoms with van der Waals surface area (Å²) in [6.45, 7) is 7.95. The Morgan fingerprint density at radius 1 is 1.27 bits per heavy atom. The molecule has 7 atom stereocenters. The Kier molecular flexibility index (Phi) is 5.07. The molecule has 6 heteroatoms. The molecule has 0 spiro atoms. The second kappa shape index (κ2) is 6.75. The lowest BCUT2D eigenvalue weighted by atomic mass is 9.45. The zero-order valence-electron chi connectivity index (χ0n) is 15.5. The third kappa shape index (κ3) is 2.83. The fourth-order valence-electron chi connectivity index (χ4n) is 5.49. The number of cyclic esters (lactones) is 1. The molecule has 1 aliphatic heterocycles. The van der Waals surface area contributed by atoms with Crippen molar-refractivity contribution in [3.63, 3.8) is 0 Å². The molecule has 26 heavy (non-hydrogen) atoms. The van der Waals surface area contributed by atoms with Gasteiger partial charge >= 0.3 is 5.97 Å². The number of carbonyl (C=O) groups is 1. The van der Waals surface area contributed by atoms with Gasteiger partial charge < -0.3 is 25.2 Å². The maximum atomic E-state index is 11.8. The molecule has 146 valence electrons. The monoisotopic (exact) mass is 366 g/mol. The molecule has 0 amide bonds. The Morgan fingerprint density at radius 3 is 2.54 bits per heavy atom. The van der Waals surface area contributed by atoms with Crippen LogP contribution in [0.4, 0.5) is 0 Å². The summed E-state index contributed by atoms with van der Waals surface area (Å²) in [5.74, 6) is -0.684. The summed E-state index contributed by atoms with van der Waals surface area (Å²) in [4.78, 5) is 11.8. The predicted octanol–water partition coefficient (Wildman–Crippen LogP) is 0.933. The van der Waals surface area contributed by atoms with Crippen LogP contribution in [0.5, 0.6) is 0 Å². The van der Waals surface area contributed by atoms with Crippen molar-refractivity contribution in [1.29, 1.82) is 0 Å². The Hall–Kier alpha value is -1.21. The van der Waals surface area contributed by atoms with Crippen LogP contribution in [0, 0.1) is 22.7 Å². The first kappa shape index (κ1) is 19.5. The second-order valence-electron chi connectivity index (χ2n) is 8.67. The summed E-state index contributed by atoms with van der Waals surface area (Å²) < 4.78 is 4.87. The number of hydrogen-bond acceptors (Lipinski definition) is 6. The highest BCUT2D eigenvalue weighted by molar-refractivity contribution is 5.91. The predicted molar refractivity (Wildman–Crippen MR) is 95.0 cm³/mol. The summed E-state index contributed by atoms with van der Waals surface area (Å²) in [5.41, 5.74) is 0.0283. The van der Waals surface area contributed by atoms with E-state index in [1.807, 2.05) is 6.92 Å². The number of carbonyl (C=O) groups excluding carboxylic acids is 1. The Morgan fingerprint density at radius 2 is 1.96 bits per heavy atom. The van der Waals surface area contributed by atoms with E-state index in [2.05, 4.69) is 13.5 Å². The first-order chi connectivity index (χ1) is 12.1. The lowest BCUT2D eigenvalue weighted by molar-refractivity contribution is -0.163. The van der Waals surface area contributed by atoms with Crippen molar-refractivity contribution in [2.45, 2.75) is 57.8 Å². The minimum Gasteiger partial charge on any atom is -0.459 e. The van der Waals surface area contributed by atoms with Crippen LogP contribution in [0.3, 0.4) is 0 Å². The number of esters is 1. The summed E-state index contributed by atoms with van der Waals surface area (Å²) in [7, 11) is 0. The van der Waals surface area contributed by atoms with Gasteiger partial charge in [0, 0.05) is 5.41 Å². The van der Waals surface area contributed by atoms with Gasteiger partial charge in [-0.15, -0.1) is 0 Å². The largest absolute Gasteiger partial charge is 0.459 e. The summed E-state index contributed by atoms with van der Waals surface area (Å²) in [6, 6.07) is 0. The summed E-state index contributed by atoms with van der Waals surface area (Å²) >= 11 is 0. The first-order valence-electron chi connectivity index (χ1n) is 9.36. The van der Waals surface area contributed by atoms with Gasteiger partial charge in [0.2, 0.25) is 0 Å². The van der Waals surface area contributed by atoms with Crippen LogP contribution in [0.1, 0.15) is 39.5 Å². The third-order valence-electron chi connectivity index (χ3n) is 7.32. The number of hydrogen-bond donors (Lipinski definition) is 4. The van der Waals surface area contributed by atoms with Gasteiger partial charge in [0.15, 0.2) is 0 Å². The van der Waals surface area contributed by atoms with E-state index in [9.17, 15) is 25.2 Å². The van der Waals surface area contributed by atoms with Crippen molar-refractivity contribution in [3.05, 3.63) is 23.8 Å². The molecule has 3 aliphatic rings. The molecule has 2 aliphatic carbocycles. The first-order valence-corrected chi connectivity index (χ1v) is 9.36. The molecule has 0 radical (unpaired) electrons. The Balaban J connectivity index is 1.94. The molecule has 2 saturated carbocycles. The molecule has 0 aromatic carbocycles. The van der Waals surface area contributed by atoms with Crippen LogP contribution in [0.2, 0.25) is 0 Å². The molecular formula is C20H30O6. The van der Waals surface area contributed by atoms with Crippen molar-refractivity contribution in [2.24, 2.45) is 22.7 Å². The van der Waals surface area contributed by atoms with Gasteiger partial charge in [0.25, 0.3) is 0 Å². The Bertz CT molecular complexity index is 628. The molecule has 6 nitrogen and oxygen atoms in total. The lowest BCUT2D eigenvalue weighted by Crippen LogP contribution is -2.59. The van der Waals surface area contributed by atoms with Crippen LogP contribution in [-0.4, -0.2) is 57.9 Å². The fraction of sp³-hybridized carbons (Fsp3) is 0.750. The van der Waals surface area contributed by atoms with Crippen LogP contribution in [0.25, 0.3) is 0 Å². The average Bonchev–Trinajstić information content (AvgIpc) is 2.93. The zero-order valence-corrected chi connectivity index (χ0v) is 15.5. The van der Waals surface area contributed by atoms with Gasteiger partial charge in [-0.1, -0.05) is 26.5 Å². The number of aliphatic hydroxyl groups excluding tert-OH is 4. The normalized spacial score (nSPS) is 47.8. The van der Waals surface area contributed by atoms with Crippen molar-refractivity contribution < 1.29 is 30.0 Å². The highest BCUT2D eigenvalue weighted by Gasteiger charge is 2.59. The van der Waals surface area contributed by atoms with Gasteiger partial charge in [-0.05, 0) is 48.5 Å². The van der Waals surface area contributed by atoms with Crippen LogP contribution >= 0.6 is 0 Å². The molecule has 3 rings (SSSR count). The Labute approximate surface area is 154 Å². The zero-order chi connectivity index (χ0) is 19.3. The van der Waals surface area contributed by atoms with Gasteiger partial charge in [0.05, 0.1) is 24.4 Å². The van der Waals surface area contributed by atoms with E-state index in [0.717, 1.165) is 12.0 Å². The van der Waals surface area contributed by atoms with E-state index in [0.29, 0.717) is 19.3 Å². The topological polar surface area (TPSA) is 107 Å². The summed E-state index contributed by atoms with van der Waals surface area (Å²) in [6.07, 6.45) is 1.71. The van der Waals surface area contributed by atoms with E-state index in [1.165, 1.54) is 0 Å². The van der Waals surface area contributed by atoms with Crippen molar-refractivity contribution >= 4 is 5.97 Å². The molecule has 4 unspecified atom stereocenters. The molecule has 0 aromatic rings. The molecule has 3 fully saturated rings. The highest BCUT2D eigenvalue weighted by atomic mass is 16.6. The molecule has 0 aromatic heterocycles. The number of rotatable bonds is 3. The van der Waals surface area contributed by atoms with Crippen molar-refractivity contribution in [2.75, 3.05) is 13.2 Å². The van der Waals surface area contributed by atoms with E-state index in [4.69, 9.17) is 4.74 Å². The van der Waals surface area contributed by atoms with Gasteiger partial charge in [-0.2, -0.15) is 0 Å². The van der Waals surface area contributed by atoms with Gasteiger partial charge in [0.1, 0.15) is 12.7 Å². The van der Waals surface area contributed by atoms with E-state index < -0.39 is 29.7 Å². The molecule has 1 heterocycles. The molecule has 0 bridgehead atoms. The summed E-state index contributed by atoms with van der Waals surface area (Å²) in [5, 5.41) is 41.0. The molecule has 4 N–H and O–H groups in total. The molecular weight excluding hydrogens is 336 g/mol. The minimum atomic E-state index is -0.913. The van der Waals surface area contributed by atoms with Gasteiger partial charge in [-0.3, -0.25) is 0 Å². The molecule has 1 saturated heterocycles. The highest BCUT2D eigenvalue weighted by Crippen LogP contribution is 2.61. The average molecular weight is 366 g/mol.